The zero-order valence-electron chi connectivity index (χ0n) is 13.6. The molecule has 2 heterocycles. The van der Waals surface area contributed by atoms with E-state index in [2.05, 4.69) is 15.3 Å². The summed E-state index contributed by atoms with van der Waals surface area (Å²) < 4.78 is 10.5. The minimum atomic E-state index is -0.153. The fraction of sp³-hybridized carbons (Fsp3) is 0.471. The standard InChI is InChI=1S/C17H21N3O3S/c1-22-11-13-5-8-15(23-13)16(21)20-12-3-6-14(7-4-12)24-17-18-9-2-10-19-17/h2,5,8-10,12,14H,3-4,6-7,11H2,1H3,(H,20,21). The molecule has 7 heteroatoms. The topological polar surface area (TPSA) is 77.2 Å². The number of hydrogen-bond acceptors (Lipinski definition) is 6. The Morgan fingerprint density at radius 1 is 1.29 bits per heavy atom. The van der Waals surface area contributed by atoms with Crippen LogP contribution < -0.4 is 5.32 Å². The number of thioether (sulfide) groups is 1. The Labute approximate surface area is 145 Å². The van der Waals surface area contributed by atoms with Gasteiger partial charge in [0, 0.05) is 30.8 Å². The normalized spacial score (nSPS) is 20.7. The van der Waals surface area contributed by atoms with Crippen molar-refractivity contribution >= 4 is 17.7 Å². The van der Waals surface area contributed by atoms with Gasteiger partial charge in [0.2, 0.25) is 0 Å². The molecule has 24 heavy (non-hydrogen) atoms. The van der Waals surface area contributed by atoms with Gasteiger partial charge in [0.25, 0.3) is 5.91 Å². The predicted molar refractivity (Wildman–Crippen MR) is 90.8 cm³/mol. The summed E-state index contributed by atoms with van der Waals surface area (Å²) >= 11 is 1.72. The first-order chi connectivity index (χ1) is 11.7. The van der Waals surface area contributed by atoms with Crippen LogP contribution >= 0.6 is 11.8 Å². The van der Waals surface area contributed by atoms with Crippen molar-refractivity contribution in [3.63, 3.8) is 0 Å². The van der Waals surface area contributed by atoms with Gasteiger partial charge in [-0.15, -0.1) is 0 Å². The van der Waals surface area contributed by atoms with Gasteiger partial charge in [0.05, 0.1) is 0 Å². The number of amides is 1. The lowest BCUT2D eigenvalue weighted by molar-refractivity contribution is 0.0891. The highest BCUT2D eigenvalue weighted by Gasteiger charge is 2.24. The molecule has 128 valence electrons. The smallest absolute Gasteiger partial charge is 0.287 e. The third-order valence-corrected chi connectivity index (χ3v) is 5.22. The molecule has 6 nitrogen and oxygen atoms in total. The van der Waals surface area contributed by atoms with Crippen LogP contribution in [0.15, 0.2) is 40.2 Å². The van der Waals surface area contributed by atoms with E-state index in [-0.39, 0.29) is 11.9 Å². The Morgan fingerprint density at radius 2 is 2.04 bits per heavy atom. The van der Waals surface area contributed by atoms with Crippen LogP contribution in [-0.4, -0.2) is 34.3 Å². The third-order valence-electron chi connectivity index (χ3n) is 4.00. The number of nitrogens with one attached hydrogen (secondary N) is 1. The van der Waals surface area contributed by atoms with E-state index >= 15 is 0 Å². The molecule has 1 saturated carbocycles. The Balaban J connectivity index is 1.45. The Bertz CT molecular complexity index is 654. The fourth-order valence-corrected chi connectivity index (χ4v) is 3.85. The van der Waals surface area contributed by atoms with Crippen molar-refractivity contribution in [3.8, 4) is 0 Å². The van der Waals surface area contributed by atoms with E-state index in [0.29, 0.717) is 23.4 Å². The molecule has 1 aliphatic rings. The number of aromatic nitrogens is 2. The van der Waals surface area contributed by atoms with Crippen LogP contribution in [0.1, 0.15) is 42.0 Å². The summed E-state index contributed by atoms with van der Waals surface area (Å²) in [7, 11) is 1.60. The van der Waals surface area contributed by atoms with E-state index in [9.17, 15) is 4.79 Å². The molecule has 0 aliphatic heterocycles. The molecule has 1 amide bonds. The number of methoxy groups -OCH3 is 1. The molecule has 0 unspecified atom stereocenters. The molecule has 2 aromatic heterocycles. The third kappa shape index (κ3) is 4.58. The highest BCUT2D eigenvalue weighted by atomic mass is 32.2. The molecule has 1 fully saturated rings. The quantitative estimate of drug-likeness (QED) is 0.809. The van der Waals surface area contributed by atoms with Crippen molar-refractivity contribution in [3.05, 3.63) is 42.1 Å². The number of carbonyl (C=O) groups excluding carboxylic acids is 1. The van der Waals surface area contributed by atoms with Gasteiger partial charge in [-0.3, -0.25) is 4.79 Å². The highest BCUT2D eigenvalue weighted by molar-refractivity contribution is 7.99. The van der Waals surface area contributed by atoms with Gasteiger partial charge < -0.3 is 14.5 Å². The summed E-state index contributed by atoms with van der Waals surface area (Å²) in [5.74, 6) is 0.849. The van der Waals surface area contributed by atoms with Crippen LogP contribution in [0.2, 0.25) is 0 Å². The zero-order valence-corrected chi connectivity index (χ0v) is 14.4. The van der Waals surface area contributed by atoms with Crippen LogP contribution in [0.25, 0.3) is 0 Å². The van der Waals surface area contributed by atoms with Crippen LogP contribution in [0.3, 0.4) is 0 Å². The van der Waals surface area contributed by atoms with E-state index in [4.69, 9.17) is 9.15 Å². The Kier molecular flexibility index (Phi) is 5.87. The number of furan rings is 1. The second kappa shape index (κ2) is 8.30. The van der Waals surface area contributed by atoms with Crippen LogP contribution in [0.4, 0.5) is 0 Å². The van der Waals surface area contributed by atoms with Gasteiger partial charge in [-0.1, -0.05) is 11.8 Å². The van der Waals surface area contributed by atoms with Gasteiger partial charge in [-0.25, -0.2) is 9.97 Å². The summed E-state index contributed by atoms with van der Waals surface area (Å²) in [6, 6.07) is 5.48. The molecule has 1 aliphatic carbocycles. The molecule has 0 saturated heterocycles. The highest BCUT2D eigenvalue weighted by Crippen LogP contribution is 2.31. The average molecular weight is 347 g/mol. The van der Waals surface area contributed by atoms with Gasteiger partial charge in [0.1, 0.15) is 12.4 Å². The lowest BCUT2D eigenvalue weighted by Crippen LogP contribution is -2.38. The average Bonchev–Trinajstić information content (AvgIpc) is 3.07. The van der Waals surface area contributed by atoms with Crippen molar-refractivity contribution in [1.82, 2.24) is 15.3 Å². The molecule has 0 radical (unpaired) electrons. The monoisotopic (exact) mass is 347 g/mol. The molecule has 3 rings (SSSR count). The first kappa shape index (κ1) is 17.0. The summed E-state index contributed by atoms with van der Waals surface area (Å²) in [6.45, 7) is 0.372. The van der Waals surface area contributed by atoms with E-state index in [1.54, 1.807) is 43.4 Å². The molecule has 0 aromatic carbocycles. The maximum Gasteiger partial charge on any atom is 0.287 e. The maximum absolute atomic E-state index is 12.2. The summed E-state index contributed by atoms with van der Waals surface area (Å²) in [4.78, 5) is 20.7. The molecule has 0 atom stereocenters. The van der Waals surface area contributed by atoms with Crippen molar-refractivity contribution in [2.24, 2.45) is 0 Å². The van der Waals surface area contributed by atoms with E-state index in [1.165, 1.54) is 0 Å². The second-order valence-electron chi connectivity index (χ2n) is 5.80. The summed E-state index contributed by atoms with van der Waals surface area (Å²) in [6.07, 6.45) is 7.54. The zero-order chi connectivity index (χ0) is 16.8. The first-order valence-electron chi connectivity index (χ1n) is 8.07. The van der Waals surface area contributed by atoms with Gasteiger partial charge in [-0.2, -0.15) is 0 Å². The molecular weight excluding hydrogens is 326 g/mol. The van der Waals surface area contributed by atoms with Crippen LogP contribution in [0.5, 0.6) is 0 Å². The number of nitrogens with zero attached hydrogens (tertiary/aromatic N) is 2. The van der Waals surface area contributed by atoms with Gasteiger partial charge in [0.15, 0.2) is 10.9 Å². The lowest BCUT2D eigenvalue weighted by Gasteiger charge is -2.28. The molecule has 0 spiro atoms. The van der Waals surface area contributed by atoms with Crippen molar-refractivity contribution in [1.29, 1.82) is 0 Å². The molecular formula is C17H21N3O3S. The van der Waals surface area contributed by atoms with E-state index < -0.39 is 0 Å². The SMILES string of the molecule is COCc1ccc(C(=O)NC2CCC(Sc3ncccn3)CC2)o1. The van der Waals surface area contributed by atoms with Crippen molar-refractivity contribution < 1.29 is 13.9 Å². The van der Waals surface area contributed by atoms with Crippen LogP contribution in [-0.2, 0) is 11.3 Å². The lowest BCUT2D eigenvalue weighted by atomic mass is 9.95. The molecule has 0 bridgehead atoms. The minimum absolute atomic E-state index is 0.153. The predicted octanol–water partition coefficient (Wildman–Crippen LogP) is 3.05. The van der Waals surface area contributed by atoms with Crippen LogP contribution in [0, 0.1) is 0 Å². The number of hydrogen-bond donors (Lipinski definition) is 1. The summed E-state index contributed by atoms with van der Waals surface area (Å²) in [5.41, 5.74) is 0. The van der Waals surface area contributed by atoms with Gasteiger partial charge >= 0.3 is 0 Å². The largest absolute Gasteiger partial charge is 0.453 e. The molecule has 2 aromatic rings. The Hall–Kier alpha value is -1.86. The number of carbonyl (C=O) groups is 1. The van der Waals surface area contributed by atoms with Crippen molar-refractivity contribution in [2.75, 3.05) is 7.11 Å². The van der Waals surface area contributed by atoms with E-state index in [1.807, 2.05) is 6.07 Å². The second-order valence-corrected chi connectivity index (χ2v) is 7.06. The Morgan fingerprint density at radius 3 is 2.75 bits per heavy atom. The van der Waals surface area contributed by atoms with Gasteiger partial charge in [-0.05, 0) is 43.9 Å². The summed E-state index contributed by atoms with van der Waals surface area (Å²) in [5, 5.41) is 4.40. The first-order valence-corrected chi connectivity index (χ1v) is 8.94. The maximum atomic E-state index is 12.2. The minimum Gasteiger partial charge on any atom is -0.453 e. The van der Waals surface area contributed by atoms with Crippen molar-refractivity contribution in [2.45, 2.75) is 48.7 Å². The fourth-order valence-electron chi connectivity index (χ4n) is 2.80. The molecule has 1 N–H and O–H groups in total. The number of ether oxygens (including phenoxy) is 1. The number of rotatable bonds is 6. The van der Waals surface area contributed by atoms with E-state index in [0.717, 1.165) is 30.8 Å².